The number of H-pyrrole nitrogens is 1. The number of hydrogen-bond acceptors (Lipinski definition) is 6. The molecule has 0 radical (unpaired) electrons. The Hall–Kier alpha value is -3.60. The van der Waals surface area contributed by atoms with Gasteiger partial charge in [-0.1, -0.05) is 22.9 Å². The molecular formula is C24H27BrN6O4. The van der Waals surface area contributed by atoms with Crippen molar-refractivity contribution >= 4 is 32.9 Å². The van der Waals surface area contributed by atoms with Crippen LogP contribution in [0.15, 0.2) is 41.0 Å². The zero-order chi connectivity index (χ0) is 25.1. The van der Waals surface area contributed by atoms with Crippen molar-refractivity contribution in [1.29, 1.82) is 5.41 Å². The highest BCUT2D eigenvalue weighted by atomic mass is 79.9. The van der Waals surface area contributed by atoms with E-state index in [0.717, 1.165) is 34.9 Å². The lowest BCUT2D eigenvalue weighted by atomic mass is 10.1. The number of methoxy groups -OCH3 is 1. The number of pyridine rings is 1. The SMILES string of the molecule is COc1cc(C(=O)O)cc(-c2cnn(C)c2OCCC[C@@H](C)Cn2c(=N)[nH]c3ccc(Br)cc32)n1. The number of hydrogen-bond donors (Lipinski definition) is 3. The minimum atomic E-state index is -1.07. The Balaban J connectivity index is 1.41. The van der Waals surface area contributed by atoms with Crippen molar-refractivity contribution in [3.8, 4) is 23.0 Å². The molecule has 0 aliphatic heterocycles. The number of carbonyl (C=O) groups is 1. The van der Waals surface area contributed by atoms with Gasteiger partial charge in [-0.25, -0.2) is 14.5 Å². The second kappa shape index (κ2) is 10.3. The summed E-state index contributed by atoms with van der Waals surface area (Å²) < 4.78 is 15.8. The number of nitrogens with one attached hydrogen (secondary N) is 2. The molecule has 0 saturated carbocycles. The molecule has 10 nitrogen and oxygen atoms in total. The Labute approximate surface area is 210 Å². The standard InChI is InChI=1S/C24H27BrN6O4/c1-14(13-31-20-11-16(25)6-7-18(20)29-24(31)26)5-4-8-35-22-17(12-27-30(22)2)19-9-15(23(32)33)10-21(28-19)34-3/h6-7,9-12,14H,4-5,8,13H2,1-3H3,(H2,26,29)(H,32,33)/t14-/m1/s1. The summed E-state index contributed by atoms with van der Waals surface area (Å²) in [4.78, 5) is 19.0. The van der Waals surface area contributed by atoms with Crippen molar-refractivity contribution in [2.45, 2.75) is 26.3 Å². The number of aromatic carboxylic acids is 1. The van der Waals surface area contributed by atoms with Gasteiger partial charge in [0.05, 0.1) is 47.8 Å². The minimum absolute atomic E-state index is 0.0750. The summed E-state index contributed by atoms with van der Waals surface area (Å²) >= 11 is 3.51. The Morgan fingerprint density at radius 3 is 2.86 bits per heavy atom. The molecule has 4 aromatic rings. The number of rotatable bonds is 10. The van der Waals surface area contributed by atoms with E-state index in [1.165, 1.54) is 19.2 Å². The van der Waals surface area contributed by atoms with Gasteiger partial charge in [0.2, 0.25) is 11.8 Å². The van der Waals surface area contributed by atoms with E-state index in [2.05, 4.69) is 37.9 Å². The molecule has 3 N–H and O–H groups in total. The number of benzene rings is 1. The van der Waals surface area contributed by atoms with Crippen molar-refractivity contribution in [1.82, 2.24) is 24.3 Å². The van der Waals surface area contributed by atoms with E-state index in [1.807, 2.05) is 22.8 Å². The van der Waals surface area contributed by atoms with Crippen LogP contribution in [0.3, 0.4) is 0 Å². The molecule has 0 spiro atoms. The first-order valence-electron chi connectivity index (χ1n) is 11.1. The Kier molecular flexibility index (Phi) is 7.25. The first-order chi connectivity index (χ1) is 16.8. The summed E-state index contributed by atoms with van der Waals surface area (Å²) in [5.74, 6) is -0.0171. The number of aromatic nitrogens is 5. The van der Waals surface area contributed by atoms with E-state index in [-0.39, 0.29) is 11.4 Å². The Bertz CT molecular complexity index is 1420. The van der Waals surface area contributed by atoms with E-state index < -0.39 is 5.97 Å². The van der Waals surface area contributed by atoms with Gasteiger partial charge >= 0.3 is 5.97 Å². The van der Waals surface area contributed by atoms with E-state index in [4.69, 9.17) is 14.9 Å². The number of halogens is 1. The number of carboxylic acid groups (broad SMARTS) is 1. The molecule has 0 saturated heterocycles. The molecule has 0 fully saturated rings. The van der Waals surface area contributed by atoms with Crippen molar-refractivity contribution in [3.63, 3.8) is 0 Å². The second-order valence-electron chi connectivity index (χ2n) is 8.42. The molecule has 1 atom stereocenters. The summed E-state index contributed by atoms with van der Waals surface area (Å²) in [6, 6.07) is 8.79. The lowest BCUT2D eigenvalue weighted by Gasteiger charge is -2.14. The van der Waals surface area contributed by atoms with Gasteiger partial charge in [-0.05, 0) is 43.0 Å². The molecule has 0 bridgehead atoms. The van der Waals surface area contributed by atoms with Crippen LogP contribution < -0.4 is 15.1 Å². The molecule has 11 heteroatoms. The summed E-state index contributed by atoms with van der Waals surface area (Å²) in [5.41, 5.74) is 3.41. The third kappa shape index (κ3) is 5.40. The number of ether oxygens (including phenoxy) is 2. The van der Waals surface area contributed by atoms with Crippen molar-refractivity contribution in [2.24, 2.45) is 13.0 Å². The van der Waals surface area contributed by atoms with Crippen LogP contribution in [-0.4, -0.2) is 49.1 Å². The molecule has 4 rings (SSSR count). The predicted octanol–water partition coefficient (Wildman–Crippen LogP) is 4.21. The normalized spacial score (nSPS) is 12.1. The first kappa shape index (κ1) is 24.5. The molecular weight excluding hydrogens is 516 g/mol. The fourth-order valence-electron chi connectivity index (χ4n) is 3.99. The third-order valence-corrected chi connectivity index (χ3v) is 6.26. The van der Waals surface area contributed by atoms with Crippen LogP contribution in [0.4, 0.5) is 0 Å². The summed E-state index contributed by atoms with van der Waals surface area (Å²) in [6.07, 6.45) is 3.31. The highest BCUT2D eigenvalue weighted by Gasteiger charge is 2.18. The smallest absolute Gasteiger partial charge is 0.335 e. The van der Waals surface area contributed by atoms with Crippen LogP contribution in [0.25, 0.3) is 22.3 Å². The number of carboxylic acids is 1. The summed E-state index contributed by atoms with van der Waals surface area (Å²) in [6.45, 7) is 3.34. The number of imidazole rings is 1. The average Bonchev–Trinajstić information content (AvgIpc) is 3.35. The highest BCUT2D eigenvalue weighted by Crippen LogP contribution is 2.30. The maximum atomic E-state index is 11.5. The maximum absolute atomic E-state index is 11.5. The molecule has 0 unspecified atom stereocenters. The largest absolute Gasteiger partial charge is 0.481 e. The van der Waals surface area contributed by atoms with Crippen LogP contribution in [-0.2, 0) is 13.6 Å². The second-order valence-corrected chi connectivity index (χ2v) is 9.33. The fourth-order valence-corrected chi connectivity index (χ4v) is 4.34. The van der Waals surface area contributed by atoms with Gasteiger partial charge in [0.25, 0.3) is 0 Å². The molecule has 3 aromatic heterocycles. The monoisotopic (exact) mass is 542 g/mol. The van der Waals surface area contributed by atoms with Gasteiger partial charge < -0.3 is 24.1 Å². The first-order valence-corrected chi connectivity index (χ1v) is 11.9. The van der Waals surface area contributed by atoms with E-state index in [0.29, 0.717) is 35.3 Å². The summed E-state index contributed by atoms with van der Waals surface area (Å²) in [5, 5.41) is 21.9. The minimum Gasteiger partial charge on any atom is -0.481 e. The number of aromatic amines is 1. The zero-order valence-electron chi connectivity index (χ0n) is 19.7. The number of nitrogens with zero attached hydrogens (tertiary/aromatic N) is 4. The van der Waals surface area contributed by atoms with Gasteiger partial charge in [-0.3, -0.25) is 5.41 Å². The Morgan fingerprint density at radius 2 is 2.11 bits per heavy atom. The summed E-state index contributed by atoms with van der Waals surface area (Å²) in [7, 11) is 3.21. The van der Waals surface area contributed by atoms with Gasteiger partial charge in [-0.15, -0.1) is 0 Å². The fraction of sp³-hybridized carbons (Fsp3) is 0.333. The molecule has 0 amide bonds. The number of aryl methyl sites for hydroxylation is 1. The quantitative estimate of drug-likeness (QED) is 0.257. The van der Waals surface area contributed by atoms with Crippen LogP contribution >= 0.6 is 15.9 Å². The van der Waals surface area contributed by atoms with Crippen LogP contribution in [0.1, 0.15) is 30.1 Å². The zero-order valence-corrected chi connectivity index (χ0v) is 21.3. The average molecular weight is 543 g/mol. The van der Waals surface area contributed by atoms with Crippen molar-refractivity contribution in [3.05, 3.63) is 52.2 Å². The lowest BCUT2D eigenvalue weighted by molar-refractivity contribution is 0.0696. The van der Waals surface area contributed by atoms with Crippen LogP contribution in [0.2, 0.25) is 0 Å². The Morgan fingerprint density at radius 1 is 1.31 bits per heavy atom. The lowest BCUT2D eigenvalue weighted by Crippen LogP contribution is -2.21. The molecule has 3 heterocycles. The molecule has 184 valence electrons. The van der Waals surface area contributed by atoms with Crippen LogP contribution in [0, 0.1) is 11.3 Å². The molecule has 0 aliphatic rings. The third-order valence-electron chi connectivity index (χ3n) is 5.77. The van der Waals surface area contributed by atoms with E-state index in [9.17, 15) is 9.90 Å². The highest BCUT2D eigenvalue weighted by molar-refractivity contribution is 9.10. The molecule has 1 aromatic carbocycles. The van der Waals surface area contributed by atoms with Gasteiger partial charge in [0.1, 0.15) is 0 Å². The van der Waals surface area contributed by atoms with Crippen molar-refractivity contribution in [2.75, 3.05) is 13.7 Å². The van der Waals surface area contributed by atoms with Gasteiger partial charge in [-0.2, -0.15) is 5.10 Å². The van der Waals surface area contributed by atoms with Crippen LogP contribution in [0.5, 0.6) is 11.8 Å². The van der Waals surface area contributed by atoms with Gasteiger partial charge in [0.15, 0.2) is 5.62 Å². The predicted molar refractivity (Wildman–Crippen MR) is 134 cm³/mol. The van der Waals surface area contributed by atoms with Gasteiger partial charge in [0, 0.05) is 24.1 Å². The molecule has 35 heavy (non-hydrogen) atoms. The van der Waals surface area contributed by atoms with E-state index >= 15 is 0 Å². The van der Waals surface area contributed by atoms with E-state index in [1.54, 1.807) is 17.9 Å². The van der Waals surface area contributed by atoms with Crippen molar-refractivity contribution < 1.29 is 19.4 Å². The maximum Gasteiger partial charge on any atom is 0.335 e. The number of fused-ring (bicyclic) bond motifs is 1. The molecule has 0 aliphatic carbocycles. The topological polar surface area (TPSA) is 131 Å².